The van der Waals surface area contributed by atoms with Gasteiger partial charge in [0.25, 0.3) is 0 Å². The first-order chi connectivity index (χ1) is 12.1. The fourth-order valence-electron chi connectivity index (χ4n) is 3.71. The summed E-state index contributed by atoms with van der Waals surface area (Å²) in [6.07, 6.45) is 6.77. The van der Waals surface area contributed by atoms with Crippen LogP contribution >= 0.6 is 0 Å². The van der Waals surface area contributed by atoms with Gasteiger partial charge in [-0.25, -0.2) is 0 Å². The first kappa shape index (κ1) is 19.9. The summed E-state index contributed by atoms with van der Waals surface area (Å²) in [5.74, 6) is 1.17. The number of hydrogen-bond donors (Lipinski definition) is 2. The van der Waals surface area contributed by atoms with Crippen molar-refractivity contribution in [2.75, 3.05) is 26.8 Å². The minimum atomic E-state index is 0.0153. The average Bonchev–Trinajstić information content (AvgIpc) is 2.63. The molecular formula is C21H34N2O2. The zero-order valence-corrected chi connectivity index (χ0v) is 16.0. The molecule has 25 heavy (non-hydrogen) atoms. The van der Waals surface area contributed by atoms with Crippen LogP contribution in [0.2, 0.25) is 0 Å². The maximum Gasteiger partial charge on any atom is 0.234 e. The Morgan fingerprint density at radius 2 is 1.84 bits per heavy atom. The van der Waals surface area contributed by atoms with E-state index in [2.05, 4.69) is 48.7 Å². The predicted molar refractivity (Wildman–Crippen MR) is 103 cm³/mol. The second kappa shape index (κ2) is 10.6. The number of rotatable bonds is 9. The molecule has 2 N–H and O–H groups in total. The van der Waals surface area contributed by atoms with Crippen molar-refractivity contribution in [2.45, 2.75) is 57.9 Å². The second-order valence-electron chi connectivity index (χ2n) is 7.45. The number of nitrogens with one attached hydrogen (secondary N) is 2. The van der Waals surface area contributed by atoms with Crippen molar-refractivity contribution in [1.29, 1.82) is 0 Å². The number of hydrogen-bond acceptors (Lipinski definition) is 3. The van der Waals surface area contributed by atoms with Crippen LogP contribution < -0.4 is 10.6 Å². The summed E-state index contributed by atoms with van der Waals surface area (Å²) in [6, 6.07) is 9.25. The maximum absolute atomic E-state index is 11.9. The molecule has 2 rings (SSSR count). The molecule has 1 atom stereocenters. The van der Waals surface area contributed by atoms with Crippen LogP contribution in [0.15, 0.2) is 24.3 Å². The molecule has 1 fully saturated rings. The lowest BCUT2D eigenvalue weighted by Gasteiger charge is -2.25. The standard InChI is InChI=1S/C21H34N2O2/c1-16(2)21(23-15-20(24)22-13-14-25-3)19-11-9-18(10-12-19)17-7-5-4-6-8-17/h9-12,16-17,21,23H,4-8,13-15H2,1-3H3,(H,22,24). The van der Waals surface area contributed by atoms with Gasteiger partial charge in [0.2, 0.25) is 5.91 Å². The van der Waals surface area contributed by atoms with E-state index in [1.807, 2.05) is 0 Å². The van der Waals surface area contributed by atoms with Gasteiger partial charge in [-0.05, 0) is 35.8 Å². The highest BCUT2D eigenvalue weighted by molar-refractivity contribution is 5.78. The Morgan fingerprint density at radius 3 is 2.44 bits per heavy atom. The third-order valence-electron chi connectivity index (χ3n) is 5.15. The topological polar surface area (TPSA) is 50.4 Å². The smallest absolute Gasteiger partial charge is 0.234 e. The minimum absolute atomic E-state index is 0.0153. The van der Waals surface area contributed by atoms with Crippen molar-refractivity contribution >= 4 is 5.91 Å². The number of ether oxygens (including phenoxy) is 1. The first-order valence-electron chi connectivity index (χ1n) is 9.70. The van der Waals surface area contributed by atoms with Crippen LogP contribution in [0.25, 0.3) is 0 Å². The van der Waals surface area contributed by atoms with E-state index in [0.717, 1.165) is 5.92 Å². The number of methoxy groups -OCH3 is 1. The summed E-state index contributed by atoms with van der Waals surface area (Å²) < 4.78 is 4.95. The average molecular weight is 347 g/mol. The zero-order valence-electron chi connectivity index (χ0n) is 16.0. The quantitative estimate of drug-likeness (QED) is 0.669. The van der Waals surface area contributed by atoms with E-state index in [1.165, 1.54) is 43.2 Å². The molecule has 1 amide bonds. The van der Waals surface area contributed by atoms with Crippen molar-refractivity contribution in [3.05, 3.63) is 35.4 Å². The van der Waals surface area contributed by atoms with E-state index < -0.39 is 0 Å². The Morgan fingerprint density at radius 1 is 1.16 bits per heavy atom. The Labute approximate surface area is 152 Å². The van der Waals surface area contributed by atoms with Crippen LogP contribution in [0.1, 0.15) is 69.0 Å². The monoisotopic (exact) mass is 346 g/mol. The minimum Gasteiger partial charge on any atom is -0.383 e. The van der Waals surface area contributed by atoms with E-state index in [-0.39, 0.29) is 11.9 Å². The van der Waals surface area contributed by atoms with Crippen molar-refractivity contribution in [3.8, 4) is 0 Å². The molecule has 0 spiro atoms. The molecule has 140 valence electrons. The third kappa shape index (κ3) is 6.44. The molecule has 1 aromatic carbocycles. The number of benzene rings is 1. The van der Waals surface area contributed by atoms with Gasteiger partial charge in [0.1, 0.15) is 0 Å². The van der Waals surface area contributed by atoms with Gasteiger partial charge in [0.15, 0.2) is 0 Å². The van der Waals surface area contributed by atoms with Crippen molar-refractivity contribution in [2.24, 2.45) is 5.92 Å². The summed E-state index contributed by atoms with van der Waals surface area (Å²) in [6.45, 7) is 5.81. The fraction of sp³-hybridized carbons (Fsp3) is 0.667. The third-order valence-corrected chi connectivity index (χ3v) is 5.15. The van der Waals surface area contributed by atoms with Gasteiger partial charge < -0.3 is 15.4 Å². The van der Waals surface area contributed by atoms with Crippen LogP contribution in [0.5, 0.6) is 0 Å². The fourth-order valence-corrected chi connectivity index (χ4v) is 3.71. The molecule has 0 aliphatic heterocycles. The SMILES string of the molecule is COCCNC(=O)CNC(c1ccc(C2CCCCC2)cc1)C(C)C. The van der Waals surface area contributed by atoms with E-state index in [4.69, 9.17) is 4.74 Å². The summed E-state index contributed by atoms with van der Waals surface area (Å²) in [4.78, 5) is 11.9. The number of carbonyl (C=O) groups is 1. The highest BCUT2D eigenvalue weighted by atomic mass is 16.5. The van der Waals surface area contributed by atoms with Gasteiger partial charge >= 0.3 is 0 Å². The number of amides is 1. The summed E-state index contributed by atoms with van der Waals surface area (Å²) in [5.41, 5.74) is 2.74. The molecule has 0 heterocycles. The highest BCUT2D eigenvalue weighted by Gasteiger charge is 2.19. The van der Waals surface area contributed by atoms with Crippen molar-refractivity contribution in [1.82, 2.24) is 10.6 Å². The lowest BCUT2D eigenvalue weighted by Crippen LogP contribution is -2.38. The lowest BCUT2D eigenvalue weighted by atomic mass is 9.83. The Balaban J connectivity index is 1.91. The molecule has 0 radical (unpaired) electrons. The molecular weight excluding hydrogens is 312 g/mol. The molecule has 1 aliphatic rings. The molecule has 4 nitrogen and oxygen atoms in total. The predicted octanol–water partition coefficient (Wildman–Crippen LogP) is 3.78. The second-order valence-corrected chi connectivity index (χ2v) is 7.45. The summed E-state index contributed by atoms with van der Waals surface area (Å²) >= 11 is 0. The van der Waals surface area contributed by atoms with E-state index >= 15 is 0 Å². The van der Waals surface area contributed by atoms with Gasteiger partial charge in [0, 0.05) is 19.7 Å². The molecule has 0 bridgehead atoms. The van der Waals surface area contributed by atoms with E-state index in [1.54, 1.807) is 7.11 Å². The van der Waals surface area contributed by atoms with E-state index in [9.17, 15) is 4.79 Å². The Hall–Kier alpha value is -1.39. The first-order valence-corrected chi connectivity index (χ1v) is 9.70. The Kier molecular flexibility index (Phi) is 8.42. The van der Waals surface area contributed by atoms with Gasteiger partial charge in [-0.15, -0.1) is 0 Å². The zero-order chi connectivity index (χ0) is 18.1. The van der Waals surface area contributed by atoms with Gasteiger partial charge in [-0.2, -0.15) is 0 Å². The van der Waals surface area contributed by atoms with Gasteiger partial charge in [-0.1, -0.05) is 57.4 Å². The van der Waals surface area contributed by atoms with Crippen LogP contribution in [0, 0.1) is 5.92 Å². The van der Waals surface area contributed by atoms with Crippen LogP contribution in [0.3, 0.4) is 0 Å². The normalized spacial score (nSPS) is 16.8. The highest BCUT2D eigenvalue weighted by Crippen LogP contribution is 2.33. The van der Waals surface area contributed by atoms with E-state index in [0.29, 0.717) is 25.6 Å². The molecule has 1 aliphatic carbocycles. The Bertz CT molecular complexity index is 507. The summed E-state index contributed by atoms with van der Waals surface area (Å²) in [7, 11) is 1.64. The maximum atomic E-state index is 11.9. The van der Waals surface area contributed by atoms with Crippen LogP contribution in [-0.2, 0) is 9.53 Å². The molecule has 0 saturated heterocycles. The van der Waals surface area contributed by atoms with Gasteiger partial charge in [-0.3, -0.25) is 4.79 Å². The molecule has 1 aromatic rings. The van der Waals surface area contributed by atoms with Crippen LogP contribution in [0.4, 0.5) is 0 Å². The van der Waals surface area contributed by atoms with Crippen molar-refractivity contribution in [3.63, 3.8) is 0 Å². The lowest BCUT2D eigenvalue weighted by molar-refractivity contribution is -0.120. The molecule has 4 heteroatoms. The van der Waals surface area contributed by atoms with Crippen molar-refractivity contribution < 1.29 is 9.53 Å². The summed E-state index contributed by atoms with van der Waals surface area (Å²) in [5, 5.41) is 6.26. The number of carbonyl (C=O) groups excluding carboxylic acids is 1. The molecule has 1 unspecified atom stereocenters. The molecule has 0 aromatic heterocycles. The van der Waals surface area contributed by atoms with Gasteiger partial charge in [0.05, 0.1) is 13.2 Å². The molecule has 1 saturated carbocycles. The van der Waals surface area contributed by atoms with Crippen LogP contribution in [-0.4, -0.2) is 32.7 Å². The largest absolute Gasteiger partial charge is 0.383 e.